The Bertz CT molecular complexity index is 823. The summed E-state index contributed by atoms with van der Waals surface area (Å²) in [5, 5.41) is 3.90. The van der Waals surface area contributed by atoms with Gasteiger partial charge in [-0.2, -0.15) is 0 Å². The SMILES string of the molecule is [C-]#[N+]c1ccc2c(c1)[C@@]1(C)CCN(C)[C@H](C2)[C@@H]1NCCc1ccccc1. The van der Waals surface area contributed by atoms with Crippen molar-refractivity contribution in [2.24, 2.45) is 0 Å². The summed E-state index contributed by atoms with van der Waals surface area (Å²) in [6.07, 6.45) is 3.26. The van der Waals surface area contributed by atoms with Crippen molar-refractivity contribution in [2.75, 3.05) is 20.1 Å². The van der Waals surface area contributed by atoms with Crippen LogP contribution < -0.4 is 5.32 Å². The van der Waals surface area contributed by atoms with E-state index >= 15 is 0 Å². The van der Waals surface area contributed by atoms with Crippen LogP contribution in [-0.4, -0.2) is 37.1 Å². The van der Waals surface area contributed by atoms with Gasteiger partial charge in [0.15, 0.2) is 5.69 Å². The van der Waals surface area contributed by atoms with E-state index in [2.05, 4.69) is 71.5 Å². The molecular formula is C23H27N3. The quantitative estimate of drug-likeness (QED) is 0.846. The average Bonchev–Trinajstić information content (AvgIpc) is 2.67. The van der Waals surface area contributed by atoms with Crippen LogP contribution in [0.1, 0.15) is 30.0 Å². The van der Waals surface area contributed by atoms with Crippen LogP contribution in [0, 0.1) is 6.57 Å². The third kappa shape index (κ3) is 2.94. The molecule has 1 aliphatic heterocycles. The molecule has 3 atom stereocenters. The first-order valence-corrected chi connectivity index (χ1v) is 9.60. The van der Waals surface area contributed by atoms with E-state index in [1.54, 1.807) is 0 Å². The third-order valence-electron chi connectivity index (χ3n) is 6.51. The molecule has 0 aromatic heterocycles. The molecule has 1 heterocycles. The van der Waals surface area contributed by atoms with Crippen LogP contribution in [-0.2, 0) is 18.3 Å². The highest BCUT2D eigenvalue weighted by Gasteiger charge is 2.49. The Balaban J connectivity index is 1.60. The molecule has 26 heavy (non-hydrogen) atoms. The Labute approximate surface area is 156 Å². The fraction of sp³-hybridized carbons (Fsp3) is 0.435. The van der Waals surface area contributed by atoms with Crippen molar-refractivity contribution in [1.29, 1.82) is 0 Å². The smallest absolute Gasteiger partial charge is 0.187 e. The van der Waals surface area contributed by atoms with Crippen molar-refractivity contribution in [3.8, 4) is 0 Å². The molecule has 0 unspecified atom stereocenters. The third-order valence-corrected chi connectivity index (χ3v) is 6.51. The Morgan fingerprint density at radius 3 is 2.81 bits per heavy atom. The number of nitrogens with one attached hydrogen (secondary N) is 1. The first-order valence-electron chi connectivity index (χ1n) is 9.60. The summed E-state index contributed by atoms with van der Waals surface area (Å²) in [5.41, 5.74) is 5.08. The summed E-state index contributed by atoms with van der Waals surface area (Å²) in [5.74, 6) is 0. The summed E-state index contributed by atoms with van der Waals surface area (Å²) in [7, 11) is 2.26. The summed E-state index contributed by atoms with van der Waals surface area (Å²) in [6, 6.07) is 18.0. The van der Waals surface area contributed by atoms with Crippen molar-refractivity contribution in [3.63, 3.8) is 0 Å². The number of hydrogen-bond acceptors (Lipinski definition) is 2. The maximum Gasteiger partial charge on any atom is 0.187 e. The molecule has 0 spiro atoms. The largest absolute Gasteiger partial charge is 0.311 e. The van der Waals surface area contributed by atoms with E-state index in [-0.39, 0.29) is 5.41 Å². The van der Waals surface area contributed by atoms with E-state index < -0.39 is 0 Å². The van der Waals surface area contributed by atoms with E-state index in [4.69, 9.17) is 6.57 Å². The minimum Gasteiger partial charge on any atom is -0.311 e. The molecule has 0 saturated carbocycles. The van der Waals surface area contributed by atoms with Gasteiger partial charge in [-0.3, -0.25) is 0 Å². The van der Waals surface area contributed by atoms with E-state index in [1.165, 1.54) is 16.7 Å². The van der Waals surface area contributed by atoms with Crippen LogP contribution in [0.3, 0.4) is 0 Å². The molecule has 0 amide bonds. The topological polar surface area (TPSA) is 19.6 Å². The summed E-state index contributed by atoms with van der Waals surface area (Å²) in [6.45, 7) is 11.9. The fourth-order valence-electron chi connectivity index (χ4n) is 4.93. The monoisotopic (exact) mass is 345 g/mol. The van der Waals surface area contributed by atoms with Crippen LogP contribution in [0.5, 0.6) is 0 Å². The molecule has 1 aliphatic carbocycles. The van der Waals surface area contributed by atoms with Crippen molar-refractivity contribution < 1.29 is 0 Å². The Hall–Kier alpha value is -2.15. The van der Waals surface area contributed by atoms with Crippen LogP contribution in [0.15, 0.2) is 48.5 Å². The summed E-state index contributed by atoms with van der Waals surface area (Å²) < 4.78 is 0. The van der Waals surface area contributed by atoms with Gasteiger partial charge in [0.25, 0.3) is 0 Å². The molecule has 3 nitrogen and oxygen atoms in total. The van der Waals surface area contributed by atoms with Gasteiger partial charge in [0.2, 0.25) is 0 Å². The van der Waals surface area contributed by atoms with Crippen molar-refractivity contribution >= 4 is 5.69 Å². The second kappa shape index (κ2) is 6.87. The molecular weight excluding hydrogens is 318 g/mol. The van der Waals surface area contributed by atoms with Gasteiger partial charge >= 0.3 is 0 Å². The molecule has 2 aliphatic rings. The average molecular weight is 345 g/mol. The van der Waals surface area contributed by atoms with Gasteiger partial charge in [-0.05, 0) is 56.1 Å². The zero-order chi connectivity index (χ0) is 18.1. The second-order valence-electron chi connectivity index (χ2n) is 8.04. The van der Waals surface area contributed by atoms with Crippen LogP contribution in [0.4, 0.5) is 5.69 Å². The van der Waals surface area contributed by atoms with E-state index in [1.807, 2.05) is 6.07 Å². The fourth-order valence-corrected chi connectivity index (χ4v) is 4.93. The standard InChI is InChI=1S/C23H27N3/c1-23-12-14-26(3)21(15-18-9-10-19(24-2)16-20(18)23)22(23)25-13-11-17-7-5-4-6-8-17/h4-10,16,21-22,25H,11-15H2,1,3H3/t21-,22+,23-/m1/s1. The highest BCUT2D eigenvalue weighted by molar-refractivity contribution is 5.54. The van der Waals surface area contributed by atoms with Gasteiger partial charge in [-0.15, -0.1) is 0 Å². The zero-order valence-corrected chi connectivity index (χ0v) is 15.7. The number of likely N-dealkylation sites (N-methyl/N-ethyl adjacent to an activating group) is 1. The van der Waals surface area contributed by atoms with Gasteiger partial charge < -0.3 is 10.2 Å². The van der Waals surface area contributed by atoms with Gasteiger partial charge in [-0.1, -0.05) is 55.5 Å². The number of likely N-dealkylation sites (tertiary alicyclic amines) is 1. The highest BCUT2D eigenvalue weighted by Crippen LogP contribution is 2.45. The van der Waals surface area contributed by atoms with Crippen LogP contribution >= 0.6 is 0 Å². The lowest BCUT2D eigenvalue weighted by molar-refractivity contribution is 0.0665. The van der Waals surface area contributed by atoms with Crippen molar-refractivity contribution in [1.82, 2.24) is 10.2 Å². The van der Waals surface area contributed by atoms with E-state index in [0.717, 1.165) is 38.0 Å². The molecule has 2 aromatic rings. The van der Waals surface area contributed by atoms with Gasteiger partial charge in [0.05, 0.1) is 6.57 Å². The van der Waals surface area contributed by atoms with Gasteiger partial charge in [0, 0.05) is 17.5 Å². The predicted molar refractivity (Wildman–Crippen MR) is 107 cm³/mol. The molecule has 3 heteroatoms. The molecule has 2 bridgehead atoms. The molecule has 0 radical (unpaired) electrons. The lowest BCUT2D eigenvalue weighted by Gasteiger charge is -2.55. The Morgan fingerprint density at radius 2 is 2.04 bits per heavy atom. The zero-order valence-electron chi connectivity index (χ0n) is 15.7. The number of piperidine rings is 1. The molecule has 1 N–H and O–H groups in total. The number of nitrogens with zero attached hydrogens (tertiary/aromatic N) is 2. The van der Waals surface area contributed by atoms with Crippen molar-refractivity contribution in [2.45, 2.75) is 43.7 Å². The lowest BCUT2D eigenvalue weighted by atomic mass is 9.61. The van der Waals surface area contributed by atoms with E-state index in [9.17, 15) is 0 Å². The summed E-state index contributed by atoms with van der Waals surface area (Å²) in [4.78, 5) is 6.20. The van der Waals surface area contributed by atoms with E-state index in [0.29, 0.717) is 12.1 Å². The van der Waals surface area contributed by atoms with Gasteiger partial charge in [-0.25, -0.2) is 4.85 Å². The molecule has 1 saturated heterocycles. The number of hydrogen-bond donors (Lipinski definition) is 1. The Kier molecular flexibility index (Phi) is 4.56. The molecule has 1 fully saturated rings. The Morgan fingerprint density at radius 1 is 1.23 bits per heavy atom. The minimum atomic E-state index is 0.0994. The predicted octanol–water partition coefficient (Wildman–Crippen LogP) is 3.96. The highest BCUT2D eigenvalue weighted by atomic mass is 15.2. The number of fused-ring (bicyclic) bond motifs is 4. The summed E-state index contributed by atoms with van der Waals surface area (Å²) >= 11 is 0. The lowest BCUT2D eigenvalue weighted by Crippen LogP contribution is -2.66. The van der Waals surface area contributed by atoms with Gasteiger partial charge in [0.1, 0.15) is 0 Å². The normalized spacial score (nSPS) is 27.6. The second-order valence-corrected chi connectivity index (χ2v) is 8.04. The molecule has 2 aromatic carbocycles. The minimum absolute atomic E-state index is 0.0994. The maximum atomic E-state index is 7.39. The maximum absolute atomic E-state index is 7.39. The first kappa shape index (κ1) is 17.3. The molecule has 134 valence electrons. The first-order chi connectivity index (χ1) is 12.6. The van der Waals surface area contributed by atoms with Crippen molar-refractivity contribution in [3.05, 3.63) is 76.6 Å². The van der Waals surface area contributed by atoms with Crippen LogP contribution in [0.25, 0.3) is 4.85 Å². The number of benzene rings is 2. The van der Waals surface area contributed by atoms with Crippen LogP contribution in [0.2, 0.25) is 0 Å². The number of rotatable bonds is 4. The molecule has 4 rings (SSSR count).